The minimum atomic E-state index is 0.495. The summed E-state index contributed by atoms with van der Waals surface area (Å²) in [5.41, 5.74) is 4.31. The van der Waals surface area contributed by atoms with Crippen LogP contribution in [0.2, 0.25) is 10.0 Å². The molecule has 5 heteroatoms. The summed E-state index contributed by atoms with van der Waals surface area (Å²) in [6, 6.07) is 19.6. The van der Waals surface area contributed by atoms with E-state index in [-0.39, 0.29) is 0 Å². The Kier molecular flexibility index (Phi) is 6.47. The summed E-state index contributed by atoms with van der Waals surface area (Å²) in [5.74, 6) is 0.808. The molecule has 134 valence electrons. The second-order valence-corrected chi connectivity index (χ2v) is 7.64. The molecule has 0 saturated carbocycles. The lowest BCUT2D eigenvalue weighted by atomic mass is 10.1. The lowest BCUT2D eigenvalue weighted by molar-refractivity contribution is 0.304. The molecule has 0 fully saturated rings. The Balaban J connectivity index is 1.61. The van der Waals surface area contributed by atoms with Crippen molar-refractivity contribution in [3.05, 3.63) is 91.9 Å². The van der Waals surface area contributed by atoms with Gasteiger partial charge in [-0.3, -0.25) is 0 Å². The lowest BCUT2D eigenvalue weighted by Gasteiger charge is -2.13. The highest BCUT2D eigenvalue weighted by atomic mass is 79.9. The third kappa shape index (κ3) is 4.94. The maximum absolute atomic E-state index is 6.16. The van der Waals surface area contributed by atoms with E-state index in [0.717, 1.165) is 42.6 Å². The number of nitrogens with one attached hydrogen (secondary N) is 1. The predicted octanol–water partition coefficient (Wildman–Crippen LogP) is 7.26. The minimum absolute atomic E-state index is 0.495. The van der Waals surface area contributed by atoms with Crippen LogP contribution >= 0.6 is 39.1 Å². The molecule has 0 aliphatic heterocycles. The predicted molar refractivity (Wildman–Crippen MR) is 113 cm³/mol. The van der Waals surface area contributed by atoms with Gasteiger partial charge in [-0.15, -0.1) is 0 Å². The molecule has 26 heavy (non-hydrogen) atoms. The van der Waals surface area contributed by atoms with Crippen LogP contribution in [0.25, 0.3) is 0 Å². The molecule has 0 aliphatic carbocycles. The second kappa shape index (κ2) is 8.81. The lowest BCUT2D eigenvalue weighted by Crippen LogP contribution is -2.02. The van der Waals surface area contributed by atoms with Crippen molar-refractivity contribution in [2.45, 2.75) is 20.1 Å². The first-order chi connectivity index (χ1) is 12.5. The molecule has 0 saturated heterocycles. The summed E-state index contributed by atoms with van der Waals surface area (Å²) in [5, 5.41) is 4.91. The van der Waals surface area contributed by atoms with E-state index in [4.69, 9.17) is 27.9 Å². The zero-order chi connectivity index (χ0) is 18.5. The van der Waals surface area contributed by atoms with E-state index in [0.29, 0.717) is 13.2 Å². The molecule has 1 N–H and O–H groups in total. The van der Waals surface area contributed by atoms with Crippen molar-refractivity contribution >= 4 is 44.8 Å². The zero-order valence-corrected chi connectivity index (χ0v) is 17.3. The number of rotatable bonds is 6. The number of ether oxygens (including phenoxy) is 1. The van der Waals surface area contributed by atoms with Crippen LogP contribution in [-0.2, 0) is 13.2 Å². The van der Waals surface area contributed by atoms with Gasteiger partial charge in [-0.25, -0.2) is 0 Å². The molecule has 0 bridgehead atoms. The summed E-state index contributed by atoms with van der Waals surface area (Å²) in [4.78, 5) is 0. The Morgan fingerprint density at radius 2 is 1.69 bits per heavy atom. The van der Waals surface area contributed by atoms with E-state index in [9.17, 15) is 0 Å². The third-order valence-corrected chi connectivity index (χ3v) is 5.34. The van der Waals surface area contributed by atoms with Crippen molar-refractivity contribution in [2.24, 2.45) is 0 Å². The number of benzene rings is 3. The van der Waals surface area contributed by atoms with Gasteiger partial charge < -0.3 is 10.1 Å². The molecule has 0 amide bonds. The average molecular weight is 451 g/mol. The van der Waals surface area contributed by atoms with Crippen molar-refractivity contribution in [1.29, 1.82) is 0 Å². The quantitative estimate of drug-likeness (QED) is 0.426. The van der Waals surface area contributed by atoms with Crippen molar-refractivity contribution in [3.63, 3.8) is 0 Å². The largest absolute Gasteiger partial charge is 0.488 e. The van der Waals surface area contributed by atoms with Gasteiger partial charge in [-0.2, -0.15) is 0 Å². The Morgan fingerprint density at radius 1 is 0.962 bits per heavy atom. The first-order valence-electron chi connectivity index (χ1n) is 8.17. The smallest absolute Gasteiger partial charge is 0.134 e. The minimum Gasteiger partial charge on any atom is -0.488 e. The molecular formula is C21H18BrCl2NO. The zero-order valence-electron chi connectivity index (χ0n) is 14.2. The third-order valence-electron chi connectivity index (χ3n) is 4.05. The van der Waals surface area contributed by atoms with Gasteiger partial charge in [0.2, 0.25) is 0 Å². The Bertz CT molecular complexity index is 897. The van der Waals surface area contributed by atoms with Gasteiger partial charge in [0, 0.05) is 22.3 Å². The summed E-state index contributed by atoms with van der Waals surface area (Å²) in [7, 11) is 0. The maximum Gasteiger partial charge on any atom is 0.134 e. The van der Waals surface area contributed by atoms with Gasteiger partial charge in [0.1, 0.15) is 12.4 Å². The van der Waals surface area contributed by atoms with Gasteiger partial charge in [0.25, 0.3) is 0 Å². The molecule has 2 nitrogen and oxygen atoms in total. The standard InChI is InChI=1S/C21H18BrCl2NO/c1-14-19(24)3-2-4-20(14)25-12-16-7-10-21(18(22)11-16)26-13-15-5-8-17(23)9-6-15/h2-11,25H,12-13H2,1H3. The van der Waals surface area contributed by atoms with E-state index in [1.807, 2.05) is 55.5 Å². The van der Waals surface area contributed by atoms with E-state index < -0.39 is 0 Å². The van der Waals surface area contributed by atoms with Crippen LogP contribution < -0.4 is 10.1 Å². The molecule has 0 aliphatic rings. The van der Waals surface area contributed by atoms with E-state index in [1.54, 1.807) is 0 Å². The highest BCUT2D eigenvalue weighted by Gasteiger charge is 2.05. The highest BCUT2D eigenvalue weighted by molar-refractivity contribution is 9.10. The monoisotopic (exact) mass is 449 g/mol. The van der Waals surface area contributed by atoms with Crippen LogP contribution in [-0.4, -0.2) is 0 Å². The van der Waals surface area contributed by atoms with Gasteiger partial charge >= 0.3 is 0 Å². The molecule has 0 radical (unpaired) electrons. The normalized spacial score (nSPS) is 10.6. The SMILES string of the molecule is Cc1c(Cl)cccc1NCc1ccc(OCc2ccc(Cl)cc2)c(Br)c1. The summed E-state index contributed by atoms with van der Waals surface area (Å²) < 4.78 is 6.81. The summed E-state index contributed by atoms with van der Waals surface area (Å²) in [6.07, 6.45) is 0. The van der Waals surface area contributed by atoms with Crippen LogP contribution in [0, 0.1) is 6.92 Å². The van der Waals surface area contributed by atoms with Crippen LogP contribution in [0.4, 0.5) is 5.69 Å². The summed E-state index contributed by atoms with van der Waals surface area (Å²) in [6.45, 7) is 3.21. The van der Waals surface area contributed by atoms with Gasteiger partial charge in [-0.05, 0) is 75.9 Å². The fraction of sp³-hybridized carbons (Fsp3) is 0.143. The number of hydrogen-bond acceptors (Lipinski definition) is 2. The first kappa shape index (κ1) is 19.1. The molecule has 3 aromatic carbocycles. The van der Waals surface area contributed by atoms with Gasteiger partial charge in [0.15, 0.2) is 0 Å². The molecule has 0 atom stereocenters. The van der Waals surface area contributed by atoms with E-state index in [2.05, 4.69) is 33.4 Å². The topological polar surface area (TPSA) is 21.3 Å². The number of halogens is 3. The van der Waals surface area contributed by atoms with Crippen molar-refractivity contribution in [3.8, 4) is 5.75 Å². The van der Waals surface area contributed by atoms with E-state index in [1.165, 1.54) is 0 Å². The van der Waals surface area contributed by atoms with E-state index >= 15 is 0 Å². The molecular weight excluding hydrogens is 433 g/mol. The van der Waals surface area contributed by atoms with Crippen LogP contribution in [0.3, 0.4) is 0 Å². The van der Waals surface area contributed by atoms with Crippen molar-refractivity contribution in [2.75, 3.05) is 5.32 Å². The molecule has 3 aromatic rings. The first-order valence-corrected chi connectivity index (χ1v) is 9.72. The molecule has 0 heterocycles. The molecule has 0 aromatic heterocycles. The van der Waals surface area contributed by atoms with Crippen molar-refractivity contribution < 1.29 is 4.74 Å². The molecule has 3 rings (SSSR count). The number of anilines is 1. The number of hydrogen-bond donors (Lipinski definition) is 1. The van der Waals surface area contributed by atoms with Crippen LogP contribution in [0.15, 0.2) is 65.1 Å². The Labute approximate surface area is 172 Å². The maximum atomic E-state index is 6.16. The highest BCUT2D eigenvalue weighted by Crippen LogP contribution is 2.28. The fourth-order valence-electron chi connectivity index (χ4n) is 2.51. The van der Waals surface area contributed by atoms with Crippen LogP contribution in [0.5, 0.6) is 5.75 Å². The second-order valence-electron chi connectivity index (χ2n) is 5.95. The average Bonchev–Trinajstić information content (AvgIpc) is 2.63. The van der Waals surface area contributed by atoms with Crippen molar-refractivity contribution in [1.82, 2.24) is 0 Å². The fourth-order valence-corrected chi connectivity index (χ4v) is 3.35. The molecule has 0 unspecified atom stereocenters. The van der Waals surface area contributed by atoms with Gasteiger partial charge in [-0.1, -0.05) is 47.5 Å². The Morgan fingerprint density at radius 3 is 2.42 bits per heavy atom. The Hall–Kier alpha value is -1.68. The summed E-state index contributed by atoms with van der Waals surface area (Å²) >= 11 is 15.7. The van der Waals surface area contributed by atoms with Crippen LogP contribution in [0.1, 0.15) is 16.7 Å². The molecule has 0 spiro atoms. The van der Waals surface area contributed by atoms with Gasteiger partial charge in [0.05, 0.1) is 4.47 Å².